The van der Waals surface area contributed by atoms with Crippen molar-refractivity contribution >= 4 is 22.3 Å². The molecule has 0 aliphatic carbocycles. The van der Waals surface area contributed by atoms with Gasteiger partial charge in [0.1, 0.15) is 0 Å². The van der Waals surface area contributed by atoms with E-state index in [-0.39, 0.29) is 11.7 Å². The van der Waals surface area contributed by atoms with Crippen LogP contribution in [-0.4, -0.2) is 45.3 Å². The molecule has 2 heterocycles. The zero-order chi connectivity index (χ0) is 19.7. The molecule has 0 saturated carbocycles. The van der Waals surface area contributed by atoms with E-state index in [0.29, 0.717) is 28.8 Å². The summed E-state index contributed by atoms with van der Waals surface area (Å²) >= 11 is 0. The second kappa shape index (κ2) is 7.61. The number of nitrogens with zero attached hydrogens (tertiary/aromatic N) is 3. The van der Waals surface area contributed by atoms with Gasteiger partial charge in [-0.3, -0.25) is 9.36 Å². The fourth-order valence-corrected chi connectivity index (χ4v) is 3.64. The molecule has 146 valence electrons. The van der Waals surface area contributed by atoms with Gasteiger partial charge in [0.2, 0.25) is 0 Å². The van der Waals surface area contributed by atoms with Gasteiger partial charge in [0.15, 0.2) is 0 Å². The fourth-order valence-electron chi connectivity index (χ4n) is 3.64. The largest absolute Gasteiger partial charge is 0.397 e. The number of aliphatic hydroxyl groups is 1. The normalized spacial score (nSPS) is 15.9. The summed E-state index contributed by atoms with van der Waals surface area (Å²) in [5.74, 6) is 0. The van der Waals surface area contributed by atoms with Crippen LogP contribution in [0.1, 0.15) is 12.8 Å². The SMILES string of the molecule is Nc1ccc(-c2ccc3ncn(CCN4CCC(O)CC4)c(=O)c3c2)cc1N. The zero-order valence-electron chi connectivity index (χ0n) is 15.7. The highest BCUT2D eigenvalue weighted by molar-refractivity contribution is 5.85. The van der Waals surface area contributed by atoms with Crippen molar-refractivity contribution in [1.29, 1.82) is 0 Å². The van der Waals surface area contributed by atoms with Gasteiger partial charge < -0.3 is 21.5 Å². The monoisotopic (exact) mass is 379 g/mol. The van der Waals surface area contributed by atoms with Crippen LogP contribution in [0, 0.1) is 0 Å². The van der Waals surface area contributed by atoms with Gasteiger partial charge in [-0.1, -0.05) is 12.1 Å². The first-order valence-electron chi connectivity index (χ1n) is 9.56. The maximum Gasteiger partial charge on any atom is 0.261 e. The predicted molar refractivity (Wildman–Crippen MR) is 112 cm³/mol. The Kier molecular flexibility index (Phi) is 5.02. The summed E-state index contributed by atoms with van der Waals surface area (Å²) in [6.07, 6.45) is 3.00. The molecule has 4 rings (SSSR count). The Hall–Kier alpha value is -2.90. The Balaban J connectivity index is 1.60. The fraction of sp³-hybridized carbons (Fsp3) is 0.333. The molecule has 7 heteroatoms. The number of hydrogen-bond donors (Lipinski definition) is 3. The molecule has 1 fully saturated rings. The summed E-state index contributed by atoms with van der Waals surface area (Å²) in [7, 11) is 0. The lowest BCUT2D eigenvalue weighted by molar-refractivity contribution is 0.0808. The molecular formula is C21H25N5O2. The molecule has 0 atom stereocenters. The van der Waals surface area contributed by atoms with Gasteiger partial charge in [0.25, 0.3) is 5.56 Å². The van der Waals surface area contributed by atoms with E-state index < -0.39 is 0 Å². The van der Waals surface area contributed by atoms with Crippen LogP contribution in [0.3, 0.4) is 0 Å². The van der Waals surface area contributed by atoms with Gasteiger partial charge in [0, 0.05) is 26.2 Å². The van der Waals surface area contributed by atoms with Crippen LogP contribution in [0.2, 0.25) is 0 Å². The van der Waals surface area contributed by atoms with E-state index in [0.717, 1.165) is 43.6 Å². The van der Waals surface area contributed by atoms with E-state index >= 15 is 0 Å². The molecule has 0 amide bonds. The third kappa shape index (κ3) is 3.72. The molecule has 3 aromatic rings. The standard InChI is InChI=1S/C21H25N5O2/c22-18-3-1-15(12-19(18)23)14-2-4-20-17(11-14)21(28)26(13-24-20)10-9-25-7-5-16(27)6-8-25/h1-4,11-13,16,27H,5-10,22-23H2. The molecule has 0 bridgehead atoms. The smallest absolute Gasteiger partial charge is 0.261 e. The highest BCUT2D eigenvalue weighted by Crippen LogP contribution is 2.26. The number of nitrogen functional groups attached to an aromatic ring is 2. The van der Waals surface area contributed by atoms with Crippen molar-refractivity contribution in [2.24, 2.45) is 0 Å². The summed E-state index contributed by atoms with van der Waals surface area (Å²) in [5, 5.41) is 10.2. The molecule has 1 saturated heterocycles. The van der Waals surface area contributed by atoms with Crippen molar-refractivity contribution in [1.82, 2.24) is 14.5 Å². The first kappa shape index (κ1) is 18.5. The molecule has 0 unspecified atom stereocenters. The van der Waals surface area contributed by atoms with Crippen LogP contribution < -0.4 is 17.0 Å². The zero-order valence-corrected chi connectivity index (χ0v) is 15.7. The number of aliphatic hydroxyl groups excluding tert-OH is 1. The van der Waals surface area contributed by atoms with Crippen LogP contribution in [0.25, 0.3) is 22.0 Å². The van der Waals surface area contributed by atoms with E-state index in [4.69, 9.17) is 11.5 Å². The Morgan fingerprint density at radius 2 is 1.71 bits per heavy atom. The molecule has 0 radical (unpaired) electrons. The van der Waals surface area contributed by atoms with Crippen LogP contribution in [0.15, 0.2) is 47.5 Å². The maximum atomic E-state index is 13.0. The molecule has 1 aliphatic heterocycles. The number of anilines is 2. The lowest BCUT2D eigenvalue weighted by Crippen LogP contribution is -2.38. The van der Waals surface area contributed by atoms with Gasteiger partial charge in [-0.15, -0.1) is 0 Å². The molecular weight excluding hydrogens is 354 g/mol. The number of likely N-dealkylation sites (tertiary alicyclic amines) is 1. The van der Waals surface area contributed by atoms with Gasteiger partial charge in [0.05, 0.1) is 34.7 Å². The minimum absolute atomic E-state index is 0.0488. The molecule has 1 aromatic heterocycles. The van der Waals surface area contributed by atoms with E-state index in [1.54, 1.807) is 17.0 Å². The first-order valence-corrected chi connectivity index (χ1v) is 9.56. The van der Waals surface area contributed by atoms with Crippen LogP contribution in [0.5, 0.6) is 0 Å². The number of hydrogen-bond acceptors (Lipinski definition) is 6. The van der Waals surface area contributed by atoms with E-state index in [2.05, 4.69) is 9.88 Å². The second-order valence-electron chi connectivity index (χ2n) is 7.39. The molecule has 1 aliphatic rings. The van der Waals surface area contributed by atoms with Crippen molar-refractivity contribution in [2.45, 2.75) is 25.5 Å². The summed E-state index contributed by atoms with van der Waals surface area (Å²) in [5.41, 5.74) is 15.2. The lowest BCUT2D eigenvalue weighted by Gasteiger charge is -2.29. The third-order valence-corrected chi connectivity index (χ3v) is 5.46. The van der Waals surface area contributed by atoms with Crippen LogP contribution >= 0.6 is 0 Å². The highest BCUT2D eigenvalue weighted by Gasteiger charge is 2.17. The predicted octanol–water partition coefficient (Wildman–Crippen LogP) is 1.68. The van der Waals surface area contributed by atoms with E-state index in [1.165, 1.54) is 0 Å². The van der Waals surface area contributed by atoms with Gasteiger partial charge >= 0.3 is 0 Å². The quantitative estimate of drug-likeness (QED) is 0.595. The van der Waals surface area contributed by atoms with Gasteiger partial charge in [-0.25, -0.2) is 4.98 Å². The Labute approximate surface area is 163 Å². The topological polar surface area (TPSA) is 110 Å². The second-order valence-corrected chi connectivity index (χ2v) is 7.39. The Bertz CT molecular complexity index is 1050. The first-order chi connectivity index (χ1) is 13.5. The van der Waals surface area contributed by atoms with Crippen molar-refractivity contribution in [3.63, 3.8) is 0 Å². The summed E-state index contributed by atoms with van der Waals surface area (Å²) in [6.45, 7) is 3.07. The van der Waals surface area contributed by atoms with Crippen LogP contribution in [0.4, 0.5) is 11.4 Å². The van der Waals surface area contributed by atoms with E-state index in [9.17, 15) is 9.90 Å². The number of nitrogens with two attached hydrogens (primary N) is 2. The lowest BCUT2D eigenvalue weighted by atomic mass is 10.0. The minimum Gasteiger partial charge on any atom is -0.397 e. The Morgan fingerprint density at radius 1 is 1.00 bits per heavy atom. The molecule has 2 aromatic carbocycles. The Morgan fingerprint density at radius 3 is 2.46 bits per heavy atom. The highest BCUT2D eigenvalue weighted by atomic mass is 16.3. The summed E-state index contributed by atoms with van der Waals surface area (Å²) in [4.78, 5) is 19.7. The van der Waals surface area contributed by atoms with E-state index in [1.807, 2.05) is 30.3 Å². The average molecular weight is 379 g/mol. The van der Waals surface area contributed by atoms with Gasteiger partial charge in [-0.05, 0) is 48.2 Å². The summed E-state index contributed by atoms with van der Waals surface area (Å²) < 4.78 is 1.66. The van der Waals surface area contributed by atoms with Gasteiger partial charge in [-0.2, -0.15) is 0 Å². The molecule has 5 N–H and O–H groups in total. The number of aromatic nitrogens is 2. The number of piperidine rings is 1. The molecule has 0 spiro atoms. The van der Waals surface area contributed by atoms with Crippen molar-refractivity contribution < 1.29 is 5.11 Å². The summed E-state index contributed by atoms with van der Waals surface area (Å²) in [6, 6.07) is 11.1. The van der Waals surface area contributed by atoms with Crippen molar-refractivity contribution in [3.05, 3.63) is 53.1 Å². The van der Waals surface area contributed by atoms with Crippen molar-refractivity contribution in [2.75, 3.05) is 31.1 Å². The number of rotatable bonds is 4. The number of benzene rings is 2. The van der Waals surface area contributed by atoms with Crippen molar-refractivity contribution in [3.8, 4) is 11.1 Å². The maximum absolute atomic E-state index is 13.0. The molecule has 28 heavy (non-hydrogen) atoms. The van der Waals surface area contributed by atoms with Crippen LogP contribution in [-0.2, 0) is 6.54 Å². The molecule has 7 nitrogen and oxygen atoms in total. The minimum atomic E-state index is -0.192. The third-order valence-electron chi connectivity index (χ3n) is 5.46. The average Bonchev–Trinajstić information content (AvgIpc) is 2.71. The number of fused-ring (bicyclic) bond motifs is 1.